The highest BCUT2D eigenvalue weighted by molar-refractivity contribution is 7.80. The van der Waals surface area contributed by atoms with Gasteiger partial charge < -0.3 is 9.47 Å². The van der Waals surface area contributed by atoms with E-state index in [2.05, 4.69) is 36.9 Å². The van der Waals surface area contributed by atoms with Gasteiger partial charge in [0.15, 0.2) is 0 Å². The quantitative estimate of drug-likeness (QED) is 0.801. The Labute approximate surface area is 121 Å². The van der Waals surface area contributed by atoms with Gasteiger partial charge in [0.2, 0.25) is 0 Å². The van der Waals surface area contributed by atoms with Crippen molar-refractivity contribution in [2.24, 2.45) is 0 Å². The van der Waals surface area contributed by atoms with Crippen molar-refractivity contribution in [2.75, 3.05) is 19.5 Å². The van der Waals surface area contributed by atoms with Crippen LogP contribution in [0.25, 0.3) is 0 Å². The highest BCUT2D eigenvalue weighted by Crippen LogP contribution is 2.25. The second-order valence-corrected chi connectivity index (χ2v) is 5.63. The van der Waals surface area contributed by atoms with E-state index in [0.29, 0.717) is 18.1 Å². The van der Waals surface area contributed by atoms with Gasteiger partial charge in [0, 0.05) is 13.0 Å². The molecule has 3 unspecified atom stereocenters. The number of hydrogen-bond acceptors (Lipinski definition) is 3. The predicted octanol–water partition coefficient (Wildman–Crippen LogP) is 3.67. The standard InChI is InChI=1S/C16H24O2S/c1-17-15-8-5-9-16(10-15)18-11-14(12-19)13-6-3-2-4-7-13/h2-4,6-7,14-16,19H,5,8-12H2,1H3. The number of hydrogen-bond donors (Lipinski definition) is 1. The van der Waals surface area contributed by atoms with E-state index in [-0.39, 0.29) is 0 Å². The van der Waals surface area contributed by atoms with Gasteiger partial charge in [-0.15, -0.1) is 0 Å². The molecule has 1 saturated carbocycles. The first kappa shape index (κ1) is 14.9. The van der Waals surface area contributed by atoms with Crippen LogP contribution in [0, 0.1) is 0 Å². The minimum absolute atomic E-state index is 0.352. The predicted molar refractivity (Wildman–Crippen MR) is 82.0 cm³/mol. The summed E-state index contributed by atoms with van der Waals surface area (Å²) in [5, 5.41) is 0. The summed E-state index contributed by atoms with van der Waals surface area (Å²) in [7, 11) is 1.80. The van der Waals surface area contributed by atoms with Gasteiger partial charge in [-0.1, -0.05) is 30.3 Å². The lowest BCUT2D eigenvalue weighted by atomic mass is 9.94. The molecule has 1 aliphatic rings. The van der Waals surface area contributed by atoms with Crippen molar-refractivity contribution in [3.8, 4) is 0 Å². The molecule has 1 aromatic carbocycles. The fourth-order valence-electron chi connectivity index (χ4n) is 2.70. The number of methoxy groups -OCH3 is 1. The monoisotopic (exact) mass is 280 g/mol. The molecule has 19 heavy (non-hydrogen) atoms. The molecule has 2 rings (SSSR count). The summed E-state index contributed by atoms with van der Waals surface area (Å²) in [5.41, 5.74) is 1.32. The van der Waals surface area contributed by atoms with Gasteiger partial charge >= 0.3 is 0 Å². The summed E-state index contributed by atoms with van der Waals surface area (Å²) in [5.74, 6) is 1.21. The highest BCUT2D eigenvalue weighted by atomic mass is 32.1. The third-order valence-electron chi connectivity index (χ3n) is 3.94. The number of benzene rings is 1. The van der Waals surface area contributed by atoms with Gasteiger partial charge in [0.25, 0.3) is 0 Å². The van der Waals surface area contributed by atoms with Crippen LogP contribution in [-0.4, -0.2) is 31.7 Å². The Kier molecular flexibility index (Phi) is 6.21. The molecule has 0 aliphatic heterocycles. The fourth-order valence-corrected chi connectivity index (χ4v) is 3.02. The first-order valence-electron chi connectivity index (χ1n) is 7.13. The van der Waals surface area contributed by atoms with Crippen LogP contribution >= 0.6 is 12.6 Å². The van der Waals surface area contributed by atoms with Crippen LogP contribution in [0.3, 0.4) is 0 Å². The Morgan fingerprint density at radius 1 is 1.21 bits per heavy atom. The minimum Gasteiger partial charge on any atom is -0.381 e. The molecule has 0 spiro atoms. The summed E-state index contributed by atoms with van der Waals surface area (Å²) in [6.45, 7) is 0.759. The summed E-state index contributed by atoms with van der Waals surface area (Å²) in [6, 6.07) is 10.5. The van der Waals surface area contributed by atoms with E-state index in [9.17, 15) is 0 Å². The molecule has 2 nitrogen and oxygen atoms in total. The molecule has 0 radical (unpaired) electrons. The van der Waals surface area contributed by atoms with Crippen LogP contribution in [0.15, 0.2) is 30.3 Å². The Hall–Kier alpha value is -0.510. The Morgan fingerprint density at radius 3 is 2.63 bits per heavy atom. The largest absolute Gasteiger partial charge is 0.381 e. The first-order chi connectivity index (χ1) is 9.33. The summed E-state index contributed by atoms with van der Waals surface area (Å²) < 4.78 is 11.5. The average molecular weight is 280 g/mol. The van der Waals surface area contributed by atoms with Crippen molar-refractivity contribution in [2.45, 2.75) is 43.8 Å². The lowest BCUT2D eigenvalue weighted by Crippen LogP contribution is -2.29. The number of rotatable bonds is 6. The van der Waals surface area contributed by atoms with Gasteiger partial charge in [-0.3, -0.25) is 0 Å². The molecular weight excluding hydrogens is 256 g/mol. The second kappa shape index (κ2) is 7.93. The van der Waals surface area contributed by atoms with Gasteiger partial charge in [-0.2, -0.15) is 12.6 Å². The highest BCUT2D eigenvalue weighted by Gasteiger charge is 2.23. The second-order valence-electron chi connectivity index (χ2n) is 5.27. The van der Waals surface area contributed by atoms with Gasteiger partial charge in [0.05, 0.1) is 18.8 Å². The topological polar surface area (TPSA) is 18.5 Å². The Balaban J connectivity index is 1.83. The zero-order chi connectivity index (χ0) is 13.5. The molecule has 0 saturated heterocycles. The third-order valence-corrected chi connectivity index (χ3v) is 4.38. The van der Waals surface area contributed by atoms with E-state index in [4.69, 9.17) is 9.47 Å². The molecule has 0 bridgehead atoms. The van der Waals surface area contributed by atoms with E-state index >= 15 is 0 Å². The van der Waals surface area contributed by atoms with Crippen LogP contribution in [0.5, 0.6) is 0 Å². The van der Waals surface area contributed by atoms with Crippen molar-refractivity contribution in [3.05, 3.63) is 35.9 Å². The lowest BCUT2D eigenvalue weighted by Gasteiger charge is -2.29. The Bertz CT molecular complexity index is 355. The molecule has 0 amide bonds. The molecule has 1 aliphatic carbocycles. The average Bonchev–Trinajstić information content (AvgIpc) is 2.49. The van der Waals surface area contributed by atoms with Crippen molar-refractivity contribution < 1.29 is 9.47 Å². The molecule has 1 fully saturated rings. The van der Waals surface area contributed by atoms with Gasteiger partial charge in [0.1, 0.15) is 0 Å². The third kappa shape index (κ3) is 4.51. The van der Waals surface area contributed by atoms with E-state index in [0.717, 1.165) is 25.2 Å². The fraction of sp³-hybridized carbons (Fsp3) is 0.625. The van der Waals surface area contributed by atoms with Crippen LogP contribution in [0.1, 0.15) is 37.2 Å². The van der Waals surface area contributed by atoms with E-state index < -0.39 is 0 Å². The minimum atomic E-state index is 0.352. The zero-order valence-electron chi connectivity index (χ0n) is 11.6. The van der Waals surface area contributed by atoms with Gasteiger partial charge in [-0.05, 0) is 37.0 Å². The van der Waals surface area contributed by atoms with Crippen molar-refractivity contribution in [1.29, 1.82) is 0 Å². The van der Waals surface area contributed by atoms with Crippen LogP contribution in [0.4, 0.5) is 0 Å². The maximum absolute atomic E-state index is 6.09. The van der Waals surface area contributed by atoms with Crippen LogP contribution in [-0.2, 0) is 9.47 Å². The number of thiol groups is 1. The van der Waals surface area contributed by atoms with Crippen LogP contribution in [0.2, 0.25) is 0 Å². The molecule has 106 valence electrons. The van der Waals surface area contributed by atoms with E-state index in [1.807, 2.05) is 6.07 Å². The normalized spacial score (nSPS) is 25.2. The van der Waals surface area contributed by atoms with Crippen molar-refractivity contribution in [3.63, 3.8) is 0 Å². The maximum Gasteiger partial charge on any atom is 0.0600 e. The Morgan fingerprint density at radius 2 is 1.95 bits per heavy atom. The van der Waals surface area contributed by atoms with Crippen molar-refractivity contribution >= 4 is 12.6 Å². The summed E-state index contributed by atoms with van der Waals surface area (Å²) in [6.07, 6.45) is 5.30. The number of ether oxygens (including phenoxy) is 2. The zero-order valence-corrected chi connectivity index (χ0v) is 12.5. The molecule has 0 N–H and O–H groups in total. The van der Waals surface area contributed by atoms with Crippen LogP contribution < -0.4 is 0 Å². The molecule has 3 heteroatoms. The molecular formula is C16H24O2S. The van der Waals surface area contributed by atoms with E-state index in [1.54, 1.807) is 7.11 Å². The first-order valence-corrected chi connectivity index (χ1v) is 7.77. The van der Waals surface area contributed by atoms with E-state index in [1.165, 1.54) is 18.4 Å². The molecule has 0 heterocycles. The van der Waals surface area contributed by atoms with Gasteiger partial charge in [-0.25, -0.2) is 0 Å². The maximum atomic E-state index is 6.09. The SMILES string of the molecule is COC1CCCC(OCC(CS)c2ccccc2)C1. The van der Waals surface area contributed by atoms with Crippen molar-refractivity contribution in [1.82, 2.24) is 0 Å². The molecule has 0 aromatic heterocycles. The molecule has 3 atom stereocenters. The summed E-state index contributed by atoms with van der Waals surface area (Å²) >= 11 is 4.46. The lowest BCUT2D eigenvalue weighted by molar-refractivity contribution is -0.0322. The smallest absolute Gasteiger partial charge is 0.0600 e. The summed E-state index contributed by atoms with van der Waals surface area (Å²) in [4.78, 5) is 0. The molecule has 1 aromatic rings.